The van der Waals surface area contributed by atoms with E-state index in [4.69, 9.17) is 0 Å². The van der Waals surface area contributed by atoms with Gasteiger partial charge in [0.15, 0.2) is 0 Å². The minimum atomic E-state index is -0.553. The van der Waals surface area contributed by atoms with Crippen molar-refractivity contribution in [3.8, 4) is 5.75 Å². The summed E-state index contributed by atoms with van der Waals surface area (Å²) in [4.78, 5) is 21.9. The van der Waals surface area contributed by atoms with E-state index in [0.717, 1.165) is 5.56 Å². The summed E-state index contributed by atoms with van der Waals surface area (Å²) in [7, 11) is 0. The number of hydrazine groups is 1. The first kappa shape index (κ1) is 15.0. The molecule has 0 aliphatic heterocycles. The standard InChI is InChI=1S/C10H12N2O3.C2H6/c1-6-3-4-8(9(14)5-6)10(15)12-11-7(2)13;1-2/h3-5,14H,1-2H3,(H,11,13)(H,12,15);1-2H3. The number of aromatic hydroxyl groups is 1. The normalized spacial score (nSPS) is 8.71. The van der Waals surface area contributed by atoms with Gasteiger partial charge in [-0.15, -0.1) is 0 Å². The highest BCUT2D eigenvalue weighted by Gasteiger charge is 2.10. The van der Waals surface area contributed by atoms with Crippen molar-refractivity contribution < 1.29 is 14.7 Å². The molecule has 5 nitrogen and oxygen atoms in total. The summed E-state index contributed by atoms with van der Waals surface area (Å²) in [6, 6.07) is 4.66. The van der Waals surface area contributed by atoms with Crippen molar-refractivity contribution in [2.45, 2.75) is 27.7 Å². The van der Waals surface area contributed by atoms with Gasteiger partial charge in [-0.2, -0.15) is 0 Å². The molecule has 1 aromatic rings. The summed E-state index contributed by atoms with van der Waals surface area (Å²) >= 11 is 0. The fraction of sp³-hybridized carbons (Fsp3) is 0.333. The fourth-order valence-corrected chi connectivity index (χ4v) is 1.05. The van der Waals surface area contributed by atoms with Crippen LogP contribution in [0.5, 0.6) is 5.75 Å². The van der Waals surface area contributed by atoms with E-state index in [2.05, 4.69) is 10.9 Å². The lowest BCUT2D eigenvalue weighted by Gasteiger charge is -2.06. The molecule has 0 aliphatic rings. The van der Waals surface area contributed by atoms with Crippen LogP contribution in [0.25, 0.3) is 0 Å². The number of carbonyl (C=O) groups is 2. The largest absolute Gasteiger partial charge is 0.507 e. The van der Waals surface area contributed by atoms with E-state index in [1.54, 1.807) is 13.0 Å². The number of phenols is 1. The van der Waals surface area contributed by atoms with Crippen LogP contribution in [-0.2, 0) is 4.79 Å². The molecule has 3 N–H and O–H groups in total. The van der Waals surface area contributed by atoms with Crippen LogP contribution in [0, 0.1) is 6.92 Å². The molecule has 0 unspecified atom stereocenters. The Labute approximate surface area is 101 Å². The average Bonchev–Trinajstić information content (AvgIpc) is 2.28. The zero-order valence-electron chi connectivity index (χ0n) is 10.5. The Morgan fingerprint density at radius 1 is 1.18 bits per heavy atom. The van der Waals surface area contributed by atoms with Gasteiger partial charge in [0.2, 0.25) is 5.91 Å². The van der Waals surface area contributed by atoms with Crippen LogP contribution in [0.15, 0.2) is 18.2 Å². The topological polar surface area (TPSA) is 78.4 Å². The molecule has 0 atom stereocenters. The maximum Gasteiger partial charge on any atom is 0.273 e. The van der Waals surface area contributed by atoms with Gasteiger partial charge in [-0.3, -0.25) is 20.4 Å². The molecule has 0 aliphatic carbocycles. The number of aryl methyl sites for hydroxylation is 1. The van der Waals surface area contributed by atoms with E-state index < -0.39 is 5.91 Å². The molecule has 0 aromatic heterocycles. The predicted octanol–water partition coefficient (Wildman–Crippen LogP) is 1.51. The van der Waals surface area contributed by atoms with E-state index in [0.29, 0.717) is 0 Å². The van der Waals surface area contributed by atoms with E-state index >= 15 is 0 Å². The van der Waals surface area contributed by atoms with E-state index in [-0.39, 0.29) is 17.2 Å². The lowest BCUT2D eigenvalue weighted by molar-refractivity contribution is -0.119. The fourth-order valence-electron chi connectivity index (χ4n) is 1.05. The lowest BCUT2D eigenvalue weighted by atomic mass is 10.1. The third-order valence-corrected chi connectivity index (χ3v) is 1.75. The van der Waals surface area contributed by atoms with Crippen molar-refractivity contribution >= 4 is 11.8 Å². The van der Waals surface area contributed by atoms with Crippen LogP contribution in [-0.4, -0.2) is 16.9 Å². The summed E-state index contributed by atoms with van der Waals surface area (Å²) in [6.45, 7) is 7.07. The number of carbonyl (C=O) groups excluding carboxylic acids is 2. The summed E-state index contributed by atoms with van der Waals surface area (Å²) < 4.78 is 0. The second-order valence-corrected chi connectivity index (χ2v) is 3.16. The van der Waals surface area contributed by atoms with Crippen LogP contribution in [0.2, 0.25) is 0 Å². The number of hydrogen-bond acceptors (Lipinski definition) is 3. The first-order valence-electron chi connectivity index (χ1n) is 5.37. The number of benzene rings is 1. The first-order chi connectivity index (χ1) is 8.00. The quantitative estimate of drug-likeness (QED) is 0.649. The monoisotopic (exact) mass is 238 g/mol. The van der Waals surface area contributed by atoms with Crippen molar-refractivity contribution in [1.82, 2.24) is 10.9 Å². The minimum absolute atomic E-state index is 0.113. The van der Waals surface area contributed by atoms with E-state index in [1.807, 2.05) is 13.8 Å². The summed E-state index contributed by atoms with van der Waals surface area (Å²) in [6.07, 6.45) is 0. The zero-order valence-corrected chi connectivity index (χ0v) is 10.5. The Morgan fingerprint density at radius 2 is 1.76 bits per heavy atom. The van der Waals surface area contributed by atoms with Gasteiger partial charge in [-0.25, -0.2) is 0 Å². The second-order valence-electron chi connectivity index (χ2n) is 3.16. The number of hydrogen-bond donors (Lipinski definition) is 3. The highest BCUT2D eigenvalue weighted by atomic mass is 16.3. The molecule has 2 amide bonds. The number of amides is 2. The third-order valence-electron chi connectivity index (χ3n) is 1.75. The molecule has 0 spiro atoms. The number of phenolic OH excluding ortho intramolecular Hbond substituents is 1. The molecule has 0 bridgehead atoms. The summed E-state index contributed by atoms with van der Waals surface area (Å²) in [5.41, 5.74) is 5.27. The maximum atomic E-state index is 11.4. The molecule has 0 radical (unpaired) electrons. The summed E-state index contributed by atoms with van der Waals surface area (Å²) in [5, 5.41) is 9.45. The Morgan fingerprint density at radius 3 is 2.24 bits per heavy atom. The maximum absolute atomic E-state index is 11.4. The van der Waals surface area contributed by atoms with Crippen LogP contribution in [0.3, 0.4) is 0 Å². The number of rotatable bonds is 1. The van der Waals surface area contributed by atoms with E-state index in [9.17, 15) is 14.7 Å². The molecular weight excluding hydrogens is 220 g/mol. The van der Waals surface area contributed by atoms with Crippen LogP contribution < -0.4 is 10.9 Å². The predicted molar refractivity (Wildman–Crippen MR) is 65.5 cm³/mol. The molecule has 0 fully saturated rings. The van der Waals surface area contributed by atoms with Crippen molar-refractivity contribution in [1.29, 1.82) is 0 Å². The molecule has 0 saturated carbocycles. The van der Waals surface area contributed by atoms with E-state index in [1.165, 1.54) is 19.1 Å². The van der Waals surface area contributed by atoms with Gasteiger partial charge in [-0.1, -0.05) is 19.9 Å². The molecular formula is C12H18N2O3. The van der Waals surface area contributed by atoms with Crippen LogP contribution in [0.4, 0.5) is 0 Å². The number of nitrogens with one attached hydrogen (secondary N) is 2. The second kappa shape index (κ2) is 7.27. The smallest absolute Gasteiger partial charge is 0.273 e. The summed E-state index contributed by atoms with van der Waals surface area (Å²) in [5.74, 6) is -1.05. The van der Waals surface area contributed by atoms with Crippen molar-refractivity contribution in [2.75, 3.05) is 0 Å². The van der Waals surface area contributed by atoms with Gasteiger partial charge in [0.05, 0.1) is 5.56 Å². The van der Waals surface area contributed by atoms with Crippen LogP contribution in [0.1, 0.15) is 36.7 Å². The Hall–Kier alpha value is -2.04. The molecule has 5 heteroatoms. The van der Waals surface area contributed by atoms with Crippen LogP contribution >= 0.6 is 0 Å². The Bertz CT molecular complexity index is 403. The van der Waals surface area contributed by atoms with Crippen molar-refractivity contribution in [3.05, 3.63) is 29.3 Å². The van der Waals surface area contributed by atoms with Gasteiger partial charge in [-0.05, 0) is 24.6 Å². The third kappa shape index (κ3) is 5.01. The van der Waals surface area contributed by atoms with Gasteiger partial charge < -0.3 is 5.11 Å². The van der Waals surface area contributed by atoms with Gasteiger partial charge in [0.1, 0.15) is 5.75 Å². The molecule has 17 heavy (non-hydrogen) atoms. The van der Waals surface area contributed by atoms with Gasteiger partial charge >= 0.3 is 0 Å². The van der Waals surface area contributed by atoms with Crippen molar-refractivity contribution in [2.24, 2.45) is 0 Å². The average molecular weight is 238 g/mol. The SMILES string of the molecule is CC.CC(=O)NNC(=O)c1ccc(C)cc1O. The molecule has 94 valence electrons. The highest BCUT2D eigenvalue weighted by molar-refractivity contribution is 5.97. The molecule has 1 aromatic carbocycles. The first-order valence-corrected chi connectivity index (χ1v) is 5.37. The molecule has 0 saturated heterocycles. The molecule has 1 rings (SSSR count). The zero-order chi connectivity index (χ0) is 13.4. The highest BCUT2D eigenvalue weighted by Crippen LogP contribution is 2.17. The Balaban J connectivity index is 0.00000121. The van der Waals surface area contributed by atoms with Gasteiger partial charge in [0, 0.05) is 6.92 Å². The lowest BCUT2D eigenvalue weighted by Crippen LogP contribution is -2.40. The van der Waals surface area contributed by atoms with Gasteiger partial charge in [0.25, 0.3) is 5.91 Å². The minimum Gasteiger partial charge on any atom is -0.507 e. The molecule has 0 heterocycles. The Kier molecular flexibility index (Phi) is 6.40. The van der Waals surface area contributed by atoms with Crippen molar-refractivity contribution in [3.63, 3.8) is 0 Å².